The van der Waals surface area contributed by atoms with Crippen molar-refractivity contribution in [2.75, 3.05) is 0 Å². The molecule has 0 heterocycles. The van der Waals surface area contributed by atoms with E-state index in [1.165, 1.54) is 12.1 Å². The number of rotatable bonds is 2. The van der Waals surface area contributed by atoms with Crippen LogP contribution in [-0.4, -0.2) is 0 Å². The molecule has 0 N–H and O–H groups in total. The Bertz CT molecular complexity index is 584. The van der Waals surface area contributed by atoms with Gasteiger partial charge in [-0.3, -0.25) is 0 Å². The molecule has 0 aliphatic carbocycles. The molecular weight excluding hydrogens is 322 g/mol. The smallest absolute Gasteiger partial charge is 0.131 e. The summed E-state index contributed by atoms with van der Waals surface area (Å²) in [6.07, 6.45) is 0. The zero-order chi connectivity index (χ0) is 13.3. The first-order valence-corrected chi connectivity index (χ1v) is 6.57. The maximum atomic E-state index is 13.7. The molecule has 0 amide bonds. The van der Waals surface area contributed by atoms with E-state index in [1.54, 1.807) is 0 Å². The van der Waals surface area contributed by atoms with E-state index in [4.69, 9.17) is 11.6 Å². The lowest BCUT2D eigenvalue weighted by Gasteiger charge is -2.14. The van der Waals surface area contributed by atoms with Gasteiger partial charge in [0.1, 0.15) is 11.6 Å². The Labute approximate surface area is 118 Å². The fourth-order valence-corrected chi connectivity index (χ4v) is 2.72. The van der Waals surface area contributed by atoms with Gasteiger partial charge >= 0.3 is 0 Å². The summed E-state index contributed by atoms with van der Waals surface area (Å²) in [5.74, 6) is -1.24. The number of aryl methyl sites for hydroxylation is 1. The van der Waals surface area contributed by atoms with Gasteiger partial charge in [0.15, 0.2) is 0 Å². The number of halogens is 4. The number of alkyl halides is 1. The van der Waals surface area contributed by atoms with Gasteiger partial charge in [-0.25, -0.2) is 8.78 Å². The molecule has 0 spiro atoms. The summed E-state index contributed by atoms with van der Waals surface area (Å²) in [5.41, 5.74) is 2.05. The molecule has 0 bridgehead atoms. The average Bonchev–Trinajstić information content (AvgIpc) is 2.32. The van der Waals surface area contributed by atoms with Gasteiger partial charge in [0, 0.05) is 16.1 Å². The minimum Gasteiger partial charge on any atom is -0.207 e. The van der Waals surface area contributed by atoms with Crippen LogP contribution in [0.2, 0.25) is 0 Å². The van der Waals surface area contributed by atoms with Crippen LogP contribution in [0.5, 0.6) is 0 Å². The lowest BCUT2D eigenvalue weighted by atomic mass is 10.0. The van der Waals surface area contributed by atoms with Crippen molar-refractivity contribution in [3.05, 3.63) is 69.2 Å². The van der Waals surface area contributed by atoms with E-state index in [2.05, 4.69) is 15.9 Å². The maximum absolute atomic E-state index is 13.7. The molecule has 0 saturated carbocycles. The van der Waals surface area contributed by atoms with E-state index in [0.29, 0.717) is 0 Å². The van der Waals surface area contributed by atoms with Crippen LogP contribution in [0.15, 0.2) is 40.9 Å². The zero-order valence-electron chi connectivity index (χ0n) is 9.55. The molecule has 2 aromatic rings. The van der Waals surface area contributed by atoms with Gasteiger partial charge < -0.3 is 0 Å². The standard InChI is InChI=1S/C14H10BrClF2/c1-8-3-2-4-11(13(8)15)14(16)10-6-5-9(17)7-12(10)18/h2-7,14H,1H3. The lowest BCUT2D eigenvalue weighted by molar-refractivity contribution is 0.573. The van der Waals surface area contributed by atoms with Gasteiger partial charge in [-0.1, -0.05) is 40.2 Å². The van der Waals surface area contributed by atoms with Crippen LogP contribution in [0.25, 0.3) is 0 Å². The quantitative estimate of drug-likeness (QED) is 0.650. The van der Waals surface area contributed by atoms with Crippen molar-refractivity contribution in [2.24, 2.45) is 0 Å². The molecule has 18 heavy (non-hydrogen) atoms. The van der Waals surface area contributed by atoms with E-state index < -0.39 is 17.0 Å². The van der Waals surface area contributed by atoms with Gasteiger partial charge in [-0.2, -0.15) is 0 Å². The molecule has 2 rings (SSSR count). The Morgan fingerprint density at radius 1 is 1.11 bits per heavy atom. The minimum atomic E-state index is -0.653. The first-order valence-electron chi connectivity index (χ1n) is 5.34. The zero-order valence-corrected chi connectivity index (χ0v) is 11.9. The summed E-state index contributed by atoms with van der Waals surface area (Å²) in [6, 6.07) is 9.02. The predicted octanol–water partition coefficient (Wildman–Crippen LogP) is 5.36. The largest absolute Gasteiger partial charge is 0.207 e. The SMILES string of the molecule is Cc1cccc(C(Cl)c2ccc(F)cc2F)c1Br. The summed E-state index contributed by atoms with van der Waals surface area (Å²) in [5, 5.41) is -0.653. The van der Waals surface area contributed by atoms with Crippen LogP contribution in [0.1, 0.15) is 22.1 Å². The van der Waals surface area contributed by atoms with Crippen molar-refractivity contribution in [3.63, 3.8) is 0 Å². The molecule has 94 valence electrons. The molecule has 0 nitrogen and oxygen atoms in total. The highest BCUT2D eigenvalue weighted by atomic mass is 79.9. The van der Waals surface area contributed by atoms with Crippen LogP contribution in [0.4, 0.5) is 8.78 Å². The fraction of sp³-hybridized carbons (Fsp3) is 0.143. The summed E-state index contributed by atoms with van der Waals surface area (Å²) < 4.78 is 27.4. The Morgan fingerprint density at radius 3 is 2.50 bits per heavy atom. The average molecular weight is 332 g/mol. The van der Waals surface area contributed by atoms with Crippen molar-refractivity contribution in [1.82, 2.24) is 0 Å². The first kappa shape index (κ1) is 13.5. The molecule has 0 saturated heterocycles. The third-order valence-corrected chi connectivity index (χ3v) is 4.28. The van der Waals surface area contributed by atoms with E-state index in [0.717, 1.165) is 21.7 Å². The predicted molar refractivity (Wildman–Crippen MR) is 72.9 cm³/mol. The molecule has 1 atom stereocenters. The van der Waals surface area contributed by atoms with E-state index >= 15 is 0 Å². The Balaban J connectivity index is 2.48. The second kappa shape index (κ2) is 5.37. The normalized spacial score (nSPS) is 12.5. The van der Waals surface area contributed by atoms with E-state index in [-0.39, 0.29) is 5.56 Å². The van der Waals surface area contributed by atoms with Crippen LogP contribution in [0.3, 0.4) is 0 Å². The summed E-state index contributed by atoms with van der Waals surface area (Å²) in [4.78, 5) is 0. The van der Waals surface area contributed by atoms with Gasteiger partial charge in [0.2, 0.25) is 0 Å². The number of benzene rings is 2. The van der Waals surface area contributed by atoms with Gasteiger partial charge in [-0.05, 0) is 24.1 Å². The topological polar surface area (TPSA) is 0 Å². The molecule has 0 aliphatic rings. The molecular formula is C14H10BrClF2. The van der Waals surface area contributed by atoms with E-state index in [1.807, 2.05) is 25.1 Å². The summed E-state index contributed by atoms with van der Waals surface area (Å²) in [7, 11) is 0. The molecule has 0 fully saturated rings. The van der Waals surface area contributed by atoms with Crippen molar-refractivity contribution in [1.29, 1.82) is 0 Å². The Morgan fingerprint density at radius 2 is 1.83 bits per heavy atom. The third kappa shape index (κ3) is 2.57. The van der Waals surface area contributed by atoms with Crippen molar-refractivity contribution in [3.8, 4) is 0 Å². The highest BCUT2D eigenvalue weighted by Gasteiger charge is 2.18. The van der Waals surface area contributed by atoms with Gasteiger partial charge in [0.25, 0.3) is 0 Å². The van der Waals surface area contributed by atoms with Crippen molar-refractivity contribution in [2.45, 2.75) is 12.3 Å². The Hall–Kier alpha value is -0.930. The van der Waals surface area contributed by atoms with E-state index in [9.17, 15) is 8.78 Å². The van der Waals surface area contributed by atoms with Crippen molar-refractivity contribution < 1.29 is 8.78 Å². The second-order valence-corrected chi connectivity index (χ2v) is 5.24. The number of hydrogen-bond donors (Lipinski definition) is 0. The highest BCUT2D eigenvalue weighted by Crippen LogP contribution is 2.36. The molecule has 0 radical (unpaired) electrons. The summed E-state index contributed by atoms with van der Waals surface area (Å²) in [6.45, 7) is 1.93. The lowest BCUT2D eigenvalue weighted by Crippen LogP contribution is -1.99. The van der Waals surface area contributed by atoms with Gasteiger partial charge in [-0.15, -0.1) is 11.6 Å². The van der Waals surface area contributed by atoms with Crippen molar-refractivity contribution >= 4 is 27.5 Å². The molecule has 0 aromatic heterocycles. The summed E-state index contributed by atoms with van der Waals surface area (Å²) >= 11 is 9.71. The molecule has 0 aliphatic heterocycles. The monoisotopic (exact) mass is 330 g/mol. The molecule has 2 aromatic carbocycles. The second-order valence-electron chi connectivity index (χ2n) is 4.01. The maximum Gasteiger partial charge on any atom is 0.131 e. The highest BCUT2D eigenvalue weighted by molar-refractivity contribution is 9.10. The van der Waals surface area contributed by atoms with Gasteiger partial charge in [0.05, 0.1) is 5.38 Å². The fourth-order valence-electron chi connectivity index (χ4n) is 1.74. The van der Waals surface area contributed by atoms with Crippen LogP contribution >= 0.6 is 27.5 Å². The molecule has 4 heteroatoms. The van der Waals surface area contributed by atoms with Crippen LogP contribution in [-0.2, 0) is 0 Å². The number of hydrogen-bond acceptors (Lipinski definition) is 0. The van der Waals surface area contributed by atoms with Crippen LogP contribution in [0, 0.1) is 18.6 Å². The molecule has 1 unspecified atom stereocenters. The minimum absolute atomic E-state index is 0.268. The first-order chi connectivity index (χ1) is 8.50. The Kier molecular flexibility index (Phi) is 4.03. The third-order valence-electron chi connectivity index (χ3n) is 2.73. The van der Waals surface area contributed by atoms with Crippen LogP contribution < -0.4 is 0 Å².